The van der Waals surface area contributed by atoms with E-state index in [1.54, 1.807) is 44.7 Å². The lowest BCUT2D eigenvalue weighted by atomic mass is 9.66. The molecule has 9 heteroatoms. The molecule has 0 aromatic heterocycles. The smallest absolute Gasteiger partial charge is 0.251 e. The number of nitrogens with zero attached hydrogens (tertiary/aromatic N) is 3. The van der Waals surface area contributed by atoms with Crippen molar-refractivity contribution in [3.63, 3.8) is 0 Å². The quantitative estimate of drug-likeness (QED) is 0.328. The van der Waals surface area contributed by atoms with E-state index in [-0.39, 0.29) is 37.4 Å². The van der Waals surface area contributed by atoms with Crippen LogP contribution in [0.1, 0.15) is 37.3 Å². The predicted molar refractivity (Wildman–Crippen MR) is 173 cm³/mol. The Morgan fingerprint density at radius 1 is 1.09 bits per heavy atom. The molecule has 228 valence electrons. The first-order chi connectivity index (χ1) is 20.6. The van der Waals surface area contributed by atoms with Gasteiger partial charge >= 0.3 is 0 Å². The number of halogens is 1. The van der Waals surface area contributed by atoms with Gasteiger partial charge in [0.05, 0.1) is 27.3 Å². The molecule has 2 aromatic rings. The Labute approximate surface area is 263 Å². The normalized spacial score (nSPS) is 27.2. The highest BCUT2D eigenvalue weighted by atomic mass is 35.5. The lowest BCUT2D eigenvalue weighted by Crippen LogP contribution is -2.55. The average Bonchev–Trinajstić information content (AvgIpc) is 3.55. The van der Waals surface area contributed by atoms with Crippen LogP contribution in [-0.4, -0.2) is 74.4 Å². The molecule has 0 radical (unpaired) electrons. The molecule has 1 spiro atoms. The fraction of sp³-hybridized carbons (Fsp3) is 0.441. The maximum Gasteiger partial charge on any atom is 0.251 e. The zero-order valence-electron chi connectivity index (χ0n) is 24.9. The minimum Gasteiger partial charge on any atom is -0.396 e. The third kappa shape index (κ3) is 5.32. The third-order valence-electron chi connectivity index (χ3n) is 9.25. The minimum absolute atomic E-state index is 0.0845. The van der Waals surface area contributed by atoms with Crippen LogP contribution in [0.3, 0.4) is 0 Å². The second kappa shape index (κ2) is 12.5. The number of aliphatic hydroxyl groups is 1. The maximum absolute atomic E-state index is 14.8. The van der Waals surface area contributed by atoms with Crippen molar-refractivity contribution in [1.82, 2.24) is 9.80 Å². The summed E-state index contributed by atoms with van der Waals surface area (Å²) in [5, 5.41) is 10.2. The van der Waals surface area contributed by atoms with Crippen molar-refractivity contribution in [3.05, 3.63) is 90.0 Å². The number of hydrogen-bond acceptors (Lipinski definition) is 5. The molecule has 1 N–H and O–H groups in total. The Hall–Kier alpha value is -3.07. The van der Waals surface area contributed by atoms with Crippen LogP contribution in [0.4, 0.5) is 5.69 Å². The number of benzene rings is 2. The molecule has 3 heterocycles. The van der Waals surface area contributed by atoms with Gasteiger partial charge in [-0.15, -0.1) is 24.9 Å². The molecular weight excluding hydrogens is 582 g/mol. The highest BCUT2D eigenvalue weighted by Gasteiger charge is 2.77. The molecule has 43 heavy (non-hydrogen) atoms. The summed E-state index contributed by atoms with van der Waals surface area (Å²) >= 11 is 8.30. The van der Waals surface area contributed by atoms with Crippen LogP contribution in [0.2, 0.25) is 5.02 Å². The van der Waals surface area contributed by atoms with E-state index in [4.69, 9.17) is 11.6 Å². The molecule has 3 aliphatic heterocycles. The fourth-order valence-corrected chi connectivity index (χ4v) is 10.2. The van der Waals surface area contributed by atoms with Crippen LogP contribution < -0.4 is 4.90 Å². The van der Waals surface area contributed by atoms with Crippen LogP contribution in [0.15, 0.2) is 73.8 Å². The number of thioether (sulfide) groups is 1. The second-order valence-corrected chi connectivity index (χ2v) is 14.3. The number of rotatable bonds is 12. The van der Waals surface area contributed by atoms with E-state index in [0.717, 1.165) is 17.5 Å². The third-order valence-corrected chi connectivity index (χ3v) is 11.5. The predicted octanol–water partition coefficient (Wildman–Crippen LogP) is 5.25. The molecule has 5 rings (SSSR count). The van der Waals surface area contributed by atoms with Gasteiger partial charge in [-0.2, -0.15) is 0 Å². The number of likely N-dealkylation sites (tertiary alicyclic amines) is 1. The Morgan fingerprint density at radius 2 is 1.81 bits per heavy atom. The largest absolute Gasteiger partial charge is 0.396 e. The molecule has 7 nitrogen and oxygen atoms in total. The zero-order chi connectivity index (χ0) is 30.9. The number of amides is 3. The maximum atomic E-state index is 14.8. The van der Waals surface area contributed by atoms with Gasteiger partial charge < -0.3 is 19.8 Å². The van der Waals surface area contributed by atoms with Crippen LogP contribution in [0.5, 0.6) is 0 Å². The lowest BCUT2D eigenvalue weighted by molar-refractivity contribution is -0.145. The molecule has 0 saturated carbocycles. The first-order valence-corrected chi connectivity index (χ1v) is 16.1. The van der Waals surface area contributed by atoms with Crippen LogP contribution in [0, 0.1) is 18.8 Å². The van der Waals surface area contributed by atoms with E-state index in [2.05, 4.69) is 20.1 Å². The summed E-state index contributed by atoms with van der Waals surface area (Å²) < 4.78 is -1.28. The van der Waals surface area contributed by atoms with E-state index in [0.29, 0.717) is 36.6 Å². The topological polar surface area (TPSA) is 81.2 Å². The van der Waals surface area contributed by atoms with Gasteiger partial charge in [-0.25, -0.2) is 0 Å². The number of carbonyl (C=O) groups excluding carboxylic acids is 3. The Kier molecular flexibility index (Phi) is 9.12. The number of fused-ring (bicyclic) bond motifs is 1. The highest BCUT2D eigenvalue weighted by molar-refractivity contribution is 8.02. The van der Waals surface area contributed by atoms with Crippen molar-refractivity contribution >= 4 is 46.8 Å². The van der Waals surface area contributed by atoms with Gasteiger partial charge in [0.2, 0.25) is 11.8 Å². The first-order valence-electron chi connectivity index (χ1n) is 14.9. The molecule has 0 aliphatic carbocycles. The second-order valence-electron chi connectivity index (χ2n) is 12.0. The highest BCUT2D eigenvalue weighted by Crippen LogP contribution is 2.71. The molecule has 3 saturated heterocycles. The van der Waals surface area contributed by atoms with Gasteiger partial charge in [0.25, 0.3) is 5.91 Å². The number of aliphatic hydroxyl groups excluding tert-OH is 1. The molecule has 3 aliphatic rings. The van der Waals surface area contributed by atoms with E-state index >= 15 is 0 Å². The van der Waals surface area contributed by atoms with Crippen molar-refractivity contribution in [3.8, 4) is 0 Å². The van der Waals surface area contributed by atoms with Crippen molar-refractivity contribution in [1.29, 1.82) is 0 Å². The van der Waals surface area contributed by atoms with Crippen molar-refractivity contribution in [2.75, 3.05) is 31.1 Å². The monoisotopic (exact) mass is 621 g/mol. The van der Waals surface area contributed by atoms with Crippen LogP contribution in [-0.2, 0) is 20.9 Å². The molecular formula is C34H40ClN3O4S. The summed E-state index contributed by atoms with van der Waals surface area (Å²) in [6.45, 7) is 12.9. The summed E-state index contributed by atoms with van der Waals surface area (Å²) in [5.41, 5.74) is 2.44. The van der Waals surface area contributed by atoms with Crippen molar-refractivity contribution in [2.45, 2.75) is 55.2 Å². The van der Waals surface area contributed by atoms with E-state index in [9.17, 15) is 19.5 Å². The zero-order valence-corrected chi connectivity index (χ0v) is 26.4. The summed E-state index contributed by atoms with van der Waals surface area (Å²) in [7, 11) is 0. The standard InChI is InChI=1S/C34H40ClN3O4S/c1-5-18-36(22-24-13-8-7-9-14-24)30(40)26-27-31(41)38(20-11-21-39)29(34(27)17-16-33(26,4)43-34)32(42)37(19-6-2)28-23(3)12-10-15-25(28)35/h5-10,12-15,26-27,29,39H,1-2,11,16-22H2,3-4H3/t26-,27+,29?,33+,34?/m1/s1. The Morgan fingerprint density at radius 3 is 2.47 bits per heavy atom. The van der Waals surface area contributed by atoms with Gasteiger partial charge in [0.15, 0.2) is 0 Å². The van der Waals surface area contributed by atoms with E-state index < -0.39 is 27.4 Å². The minimum atomic E-state index is -0.807. The molecule has 5 atom stereocenters. The average molecular weight is 622 g/mol. The number of anilines is 1. The van der Waals surface area contributed by atoms with Gasteiger partial charge in [-0.1, -0.05) is 66.2 Å². The van der Waals surface area contributed by atoms with Gasteiger partial charge in [-0.3, -0.25) is 14.4 Å². The van der Waals surface area contributed by atoms with E-state index in [1.807, 2.05) is 49.4 Å². The van der Waals surface area contributed by atoms with Crippen molar-refractivity contribution in [2.24, 2.45) is 11.8 Å². The van der Waals surface area contributed by atoms with Crippen LogP contribution >= 0.6 is 23.4 Å². The Bertz CT molecular complexity index is 1400. The van der Waals surface area contributed by atoms with Crippen molar-refractivity contribution < 1.29 is 19.5 Å². The molecule has 3 amide bonds. The summed E-state index contributed by atoms with van der Waals surface area (Å²) in [5.74, 6) is -1.75. The first kappa shape index (κ1) is 31.4. The number of carbonyl (C=O) groups is 3. The number of para-hydroxylation sites is 1. The lowest BCUT2D eigenvalue weighted by Gasteiger charge is -2.38. The number of aryl methyl sites for hydroxylation is 1. The van der Waals surface area contributed by atoms with E-state index in [1.165, 1.54) is 0 Å². The molecule has 3 fully saturated rings. The summed E-state index contributed by atoms with van der Waals surface area (Å²) in [4.78, 5) is 48.8. The molecule has 2 aromatic carbocycles. The van der Waals surface area contributed by atoms with Gasteiger partial charge in [-0.05, 0) is 50.3 Å². The summed E-state index contributed by atoms with van der Waals surface area (Å²) in [6, 6.07) is 14.5. The molecule has 2 bridgehead atoms. The van der Waals surface area contributed by atoms with Gasteiger partial charge in [0.1, 0.15) is 6.04 Å². The van der Waals surface area contributed by atoms with Gasteiger partial charge in [0, 0.05) is 37.5 Å². The number of hydrogen-bond donors (Lipinski definition) is 1. The summed E-state index contributed by atoms with van der Waals surface area (Å²) in [6.07, 6.45) is 5.07. The molecule has 2 unspecified atom stereocenters. The fourth-order valence-electron chi connectivity index (χ4n) is 7.48. The van der Waals surface area contributed by atoms with Crippen LogP contribution in [0.25, 0.3) is 0 Å². The Balaban J connectivity index is 1.57. The SMILES string of the molecule is C=CCN(Cc1ccccc1)C(=O)[C@H]1[C@H]2C(=O)N(CCCO)C(C(=O)N(CC=C)c3c(C)cccc3Cl)C23CC[C@]1(C)S3.